The summed E-state index contributed by atoms with van der Waals surface area (Å²) >= 11 is 0. The monoisotopic (exact) mass is 254 g/mol. The summed E-state index contributed by atoms with van der Waals surface area (Å²) in [5, 5.41) is 0. The van der Waals surface area contributed by atoms with Crippen molar-refractivity contribution in [3.8, 4) is 5.75 Å². The Labute approximate surface area is 105 Å². The summed E-state index contributed by atoms with van der Waals surface area (Å²) in [7, 11) is 4.76. The normalized spacial score (nSPS) is 10.0. The van der Waals surface area contributed by atoms with E-state index in [1.54, 1.807) is 19.0 Å². The summed E-state index contributed by atoms with van der Waals surface area (Å²) in [6, 6.07) is 0. The Morgan fingerprint density at radius 3 is 2.67 bits per heavy atom. The van der Waals surface area contributed by atoms with Crippen molar-refractivity contribution in [3.63, 3.8) is 0 Å². The van der Waals surface area contributed by atoms with Gasteiger partial charge >= 0.3 is 0 Å². The van der Waals surface area contributed by atoms with E-state index >= 15 is 0 Å². The van der Waals surface area contributed by atoms with Crippen LogP contribution in [0.1, 0.15) is 6.92 Å². The fourth-order valence-corrected chi connectivity index (χ4v) is 1.43. The van der Waals surface area contributed by atoms with Gasteiger partial charge < -0.3 is 19.5 Å². The molecule has 0 saturated carbocycles. The first-order chi connectivity index (χ1) is 8.51. The third-order valence-electron chi connectivity index (χ3n) is 2.50. The number of aromatic nitrogens is 2. The number of H-pyrrole nitrogens is 1. The number of methoxy groups -OCH3 is 1. The van der Waals surface area contributed by atoms with Gasteiger partial charge in [-0.2, -0.15) is 0 Å². The lowest BCUT2D eigenvalue weighted by molar-refractivity contribution is -0.127. The molecular weight excluding hydrogens is 236 g/mol. The zero-order valence-corrected chi connectivity index (χ0v) is 11.1. The Bertz CT molecular complexity index is 470. The fourth-order valence-electron chi connectivity index (χ4n) is 1.43. The maximum atomic E-state index is 11.7. The summed E-state index contributed by atoms with van der Waals surface area (Å²) in [5.41, 5.74) is -0.363. The van der Waals surface area contributed by atoms with E-state index in [9.17, 15) is 9.59 Å². The van der Waals surface area contributed by atoms with Gasteiger partial charge in [0.25, 0.3) is 5.56 Å². The number of rotatable bonds is 5. The molecule has 0 unspecified atom stereocenters. The molecule has 1 heterocycles. The van der Waals surface area contributed by atoms with E-state index in [2.05, 4.69) is 9.97 Å². The maximum Gasteiger partial charge on any atom is 0.295 e. The van der Waals surface area contributed by atoms with Gasteiger partial charge in [0, 0.05) is 20.6 Å². The third kappa shape index (κ3) is 2.99. The first-order valence-electron chi connectivity index (χ1n) is 5.58. The molecule has 1 aromatic heterocycles. The number of hydrogen-bond donors (Lipinski definition) is 1. The topological polar surface area (TPSA) is 78.5 Å². The summed E-state index contributed by atoms with van der Waals surface area (Å²) in [6.45, 7) is 2.58. The van der Waals surface area contributed by atoms with Crippen LogP contribution < -0.4 is 15.2 Å². The summed E-state index contributed by atoms with van der Waals surface area (Å²) in [5.74, 6) is 0.422. The molecule has 1 rings (SSSR count). The first-order valence-corrected chi connectivity index (χ1v) is 5.58. The molecule has 100 valence electrons. The third-order valence-corrected chi connectivity index (χ3v) is 2.50. The van der Waals surface area contributed by atoms with Gasteiger partial charge in [-0.15, -0.1) is 0 Å². The van der Waals surface area contributed by atoms with Gasteiger partial charge in [0.2, 0.25) is 11.7 Å². The fraction of sp³-hybridized carbons (Fsp3) is 0.545. The van der Waals surface area contributed by atoms with Crippen LogP contribution in [-0.4, -0.2) is 55.1 Å². The van der Waals surface area contributed by atoms with Crippen LogP contribution in [0.4, 0.5) is 5.82 Å². The molecule has 1 N–H and O–H groups in total. The predicted molar refractivity (Wildman–Crippen MR) is 68.0 cm³/mol. The van der Waals surface area contributed by atoms with Crippen molar-refractivity contribution < 1.29 is 9.53 Å². The van der Waals surface area contributed by atoms with Crippen LogP contribution in [0.3, 0.4) is 0 Å². The minimum Gasteiger partial charge on any atom is -0.489 e. The number of anilines is 1. The first kappa shape index (κ1) is 14.0. The second-order valence-corrected chi connectivity index (χ2v) is 3.89. The molecule has 1 amide bonds. The minimum atomic E-state index is -0.363. The molecule has 1 aromatic rings. The van der Waals surface area contributed by atoms with E-state index in [4.69, 9.17) is 4.74 Å². The standard InChI is InChI=1S/C11H18N4O3/c1-5-15(6-8(16)14(2)3)10-9(18-4)11(17)13-7-12-10/h7H,5-6H2,1-4H3,(H,12,13,17). The van der Waals surface area contributed by atoms with Crippen LogP contribution in [0.5, 0.6) is 5.75 Å². The lowest BCUT2D eigenvalue weighted by Gasteiger charge is -2.23. The van der Waals surface area contributed by atoms with Gasteiger partial charge in [-0.25, -0.2) is 4.98 Å². The van der Waals surface area contributed by atoms with Crippen molar-refractivity contribution in [1.82, 2.24) is 14.9 Å². The number of ether oxygens (including phenoxy) is 1. The Morgan fingerprint density at radius 2 is 2.17 bits per heavy atom. The highest BCUT2D eigenvalue weighted by atomic mass is 16.5. The number of carbonyl (C=O) groups is 1. The number of nitrogens with zero attached hydrogens (tertiary/aromatic N) is 3. The quantitative estimate of drug-likeness (QED) is 0.780. The number of amides is 1. The molecule has 0 aliphatic rings. The highest BCUT2D eigenvalue weighted by molar-refractivity contribution is 5.81. The van der Waals surface area contributed by atoms with Gasteiger partial charge in [0.15, 0.2) is 5.82 Å². The second kappa shape index (κ2) is 6.04. The van der Waals surface area contributed by atoms with Gasteiger partial charge in [-0.1, -0.05) is 0 Å². The molecule has 0 saturated heterocycles. The predicted octanol–water partition coefficient (Wildman–Crippen LogP) is -0.307. The molecule has 0 fully saturated rings. The van der Waals surface area contributed by atoms with Crippen molar-refractivity contribution in [2.75, 3.05) is 39.2 Å². The average Bonchev–Trinajstić information content (AvgIpc) is 2.35. The van der Waals surface area contributed by atoms with E-state index < -0.39 is 0 Å². The smallest absolute Gasteiger partial charge is 0.295 e. The zero-order chi connectivity index (χ0) is 13.7. The Balaban J connectivity index is 3.06. The lowest BCUT2D eigenvalue weighted by atomic mass is 10.4. The molecule has 0 aromatic carbocycles. The van der Waals surface area contributed by atoms with Crippen LogP contribution >= 0.6 is 0 Å². The van der Waals surface area contributed by atoms with Gasteiger partial charge in [-0.3, -0.25) is 9.59 Å². The average molecular weight is 254 g/mol. The van der Waals surface area contributed by atoms with Crippen molar-refractivity contribution in [2.45, 2.75) is 6.92 Å². The molecule has 0 bridgehead atoms. The molecule has 0 aliphatic heterocycles. The maximum absolute atomic E-state index is 11.7. The summed E-state index contributed by atoms with van der Waals surface area (Å²) in [6.07, 6.45) is 1.29. The molecule has 0 aliphatic carbocycles. The highest BCUT2D eigenvalue weighted by Crippen LogP contribution is 2.19. The molecule has 18 heavy (non-hydrogen) atoms. The molecular formula is C11H18N4O3. The Morgan fingerprint density at radius 1 is 1.50 bits per heavy atom. The largest absolute Gasteiger partial charge is 0.489 e. The SMILES string of the molecule is CCN(CC(=O)N(C)C)c1nc[nH]c(=O)c1OC. The second-order valence-electron chi connectivity index (χ2n) is 3.89. The highest BCUT2D eigenvalue weighted by Gasteiger charge is 2.18. The van der Waals surface area contributed by atoms with E-state index in [0.29, 0.717) is 12.4 Å². The van der Waals surface area contributed by atoms with Gasteiger partial charge in [-0.05, 0) is 6.92 Å². The Hall–Kier alpha value is -2.05. The molecule has 0 radical (unpaired) electrons. The van der Waals surface area contributed by atoms with Crippen molar-refractivity contribution in [2.24, 2.45) is 0 Å². The summed E-state index contributed by atoms with van der Waals surface area (Å²) in [4.78, 5) is 32.9. The van der Waals surface area contributed by atoms with Crippen LogP contribution in [0.25, 0.3) is 0 Å². The van der Waals surface area contributed by atoms with E-state index in [-0.39, 0.29) is 23.8 Å². The van der Waals surface area contributed by atoms with Crippen molar-refractivity contribution in [3.05, 3.63) is 16.7 Å². The van der Waals surface area contributed by atoms with Crippen LogP contribution in [0.15, 0.2) is 11.1 Å². The lowest BCUT2D eigenvalue weighted by Crippen LogP contribution is -2.37. The van der Waals surface area contributed by atoms with E-state index in [1.807, 2.05) is 6.92 Å². The molecule has 7 nitrogen and oxygen atoms in total. The number of hydrogen-bond acceptors (Lipinski definition) is 5. The number of carbonyl (C=O) groups excluding carboxylic acids is 1. The number of aromatic amines is 1. The van der Waals surface area contributed by atoms with Crippen LogP contribution in [0.2, 0.25) is 0 Å². The van der Waals surface area contributed by atoms with Gasteiger partial charge in [0.05, 0.1) is 20.0 Å². The van der Waals surface area contributed by atoms with E-state index in [1.165, 1.54) is 18.3 Å². The number of likely N-dealkylation sites (N-methyl/N-ethyl adjacent to an activating group) is 2. The molecule has 0 spiro atoms. The van der Waals surface area contributed by atoms with Gasteiger partial charge in [0.1, 0.15) is 0 Å². The molecule has 0 atom stereocenters. The van der Waals surface area contributed by atoms with Crippen molar-refractivity contribution >= 4 is 11.7 Å². The number of nitrogens with one attached hydrogen (secondary N) is 1. The van der Waals surface area contributed by atoms with Crippen LogP contribution in [0, 0.1) is 0 Å². The zero-order valence-electron chi connectivity index (χ0n) is 11.1. The Kier molecular flexibility index (Phi) is 4.70. The van der Waals surface area contributed by atoms with Crippen LogP contribution in [-0.2, 0) is 4.79 Å². The van der Waals surface area contributed by atoms with E-state index in [0.717, 1.165) is 0 Å². The minimum absolute atomic E-state index is 0.0685. The summed E-state index contributed by atoms with van der Waals surface area (Å²) < 4.78 is 5.03. The molecule has 7 heteroatoms. The van der Waals surface area contributed by atoms with Crippen molar-refractivity contribution in [1.29, 1.82) is 0 Å².